The third-order valence-electron chi connectivity index (χ3n) is 4.30. The molecule has 0 aliphatic carbocycles. The highest BCUT2D eigenvalue weighted by Crippen LogP contribution is 2.25. The van der Waals surface area contributed by atoms with Gasteiger partial charge in [-0.25, -0.2) is 0 Å². The van der Waals surface area contributed by atoms with Gasteiger partial charge in [0.05, 0.1) is 6.54 Å². The summed E-state index contributed by atoms with van der Waals surface area (Å²) >= 11 is 1.69. The average Bonchev–Trinajstić information content (AvgIpc) is 3.05. The number of nitrogens with zero attached hydrogens (tertiary/aromatic N) is 3. The van der Waals surface area contributed by atoms with E-state index in [2.05, 4.69) is 31.2 Å². The topological polar surface area (TPSA) is 65.8 Å². The molecule has 2 aromatic heterocycles. The first kappa shape index (κ1) is 18.3. The molecule has 0 unspecified atom stereocenters. The molecule has 1 N–H and O–H groups in total. The molecule has 3 heterocycles. The van der Waals surface area contributed by atoms with Crippen LogP contribution in [0.15, 0.2) is 35.3 Å². The van der Waals surface area contributed by atoms with Gasteiger partial charge in [-0.15, -0.1) is 11.3 Å². The van der Waals surface area contributed by atoms with Gasteiger partial charge < -0.3 is 10.0 Å². The van der Waals surface area contributed by atoms with Gasteiger partial charge in [0.25, 0.3) is 5.91 Å². The number of aromatic hydroxyl groups is 1. The summed E-state index contributed by atoms with van der Waals surface area (Å²) in [6.07, 6.45) is 6.77. The van der Waals surface area contributed by atoms with E-state index < -0.39 is 11.2 Å². The Morgan fingerprint density at radius 2 is 2.04 bits per heavy atom. The van der Waals surface area contributed by atoms with Gasteiger partial charge in [0, 0.05) is 28.1 Å². The minimum absolute atomic E-state index is 0.0279. The first-order valence-corrected chi connectivity index (χ1v) is 9.50. The summed E-state index contributed by atoms with van der Waals surface area (Å²) in [4.78, 5) is 28.5. The van der Waals surface area contributed by atoms with Crippen molar-refractivity contribution in [1.29, 1.82) is 0 Å². The fourth-order valence-corrected chi connectivity index (χ4v) is 3.86. The first-order chi connectivity index (χ1) is 12.4. The maximum absolute atomic E-state index is 12.7. The van der Waals surface area contributed by atoms with Crippen LogP contribution in [0.25, 0.3) is 6.08 Å². The molecule has 1 aliphatic heterocycles. The lowest BCUT2D eigenvalue weighted by molar-refractivity contribution is 0.0628. The van der Waals surface area contributed by atoms with Gasteiger partial charge in [0.2, 0.25) is 5.43 Å². The zero-order chi connectivity index (χ0) is 18.8. The molecule has 0 atom stereocenters. The summed E-state index contributed by atoms with van der Waals surface area (Å²) < 4.78 is 1.60. The fraction of sp³-hybridized carbons (Fsp3) is 0.368. The number of pyridine rings is 1. The van der Waals surface area contributed by atoms with Crippen LogP contribution in [0.5, 0.6) is 5.75 Å². The van der Waals surface area contributed by atoms with Gasteiger partial charge in [0.1, 0.15) is 6.67 Å². The molecule has 3 rings (SSSR count). The Balaban J connectivity index is 1.97. The predicted molar refractivity (Wildman–Crippen MR) is 104 cm³/mol. The summed E-state index contributed by atoms with van der Waals surface area (Å²) in [6, 6.07) is 5.39. The second-order valence-electron chi connectivity index (χ2n) is 6.51. The molecular weight excluding hydrogens is 350 g/mol. The van der Waals surface area contributed by atoms with Crippen molar-refractivity contribution in [2.75, 3.05) is 11.7 Å². The van der Waals surface area contributed by atoms with Crippen molar-refractivity contribution in [2.45, 2.75) is 39.8 Å². The zero-order valence-electron chi connectivity index (χ0n) is 15.2. The predicted octanol–water partition coefficient (Wildman–Crippen LogP) is 3.00. The van der Waals surface area contributed by atoms with Crippen molar-refractivity contribution in [3.8, 4) is 5.75 Å². The van der Waals surface area contributed by atoms with E-state index >= 15 is 0 Å². The van der Waals surface area contributed by atoms with Gasteiger partial charge in [-0.2, -0.15) is 0 Å². The average molecular weight is 373 g/mol. The van der Waals surface area contributed by atoms with Gasteiger partial charge in [-0.1, -0.05) is 13.0 Å². The van der Waals surface area contributed by atoms with Gasteiger partial charge in [0.15, 0.2) is 11.4 Å². The smallest absolute Gasteiger partial charge is 0.278 e. The molecule has 0 radical (unpaired) electrons. The summed E-state index contributed by atoms with van der Waals surface area (Å²) in [6.45, 7) is 6.91. The van der Waals surface area contributed by atoms with Crippen LogP contribution >= 0.6 is 11.3 Å². The molecule has 0 spiro atoms. The fourth-order valence-electron chi connectivity index (χ4n) is 2.90. The number of carbonyl (C=O) groups is 1. The second kappa shape index (κ2) is 7.37. The van der Waals surface area contributed by atoms with Crippen molar-refractivity contribution in [3.05, 3.63) is 56.1 Å². The largest absolute Gasteiger partial charge is 0.502 e. The summed E-state index contributed by atoms with van der Waals surface area (Å²) in [5.41, 5.74) is -0.515. The Morgan fingerprint density at radius 1 is 1.27 bits per heavy atom. The Morgan fingerprint density at radius 3 is 2.73 bits per heavy atom. The van der Waals surface area contributed by atoms with Gasteiger partial charge in [-0.3, -0.25) is 19.3 Å². The van der Waals surface area contributed by atoms with Crippen molar-refractivity contribution >= 4 is 23.3 Å². The van der Waals surface area contributed by atoms with Crippen LogP contribution in [0.2, 0.25) is 0 Å². The molecule has 0 bridgehead atoms. The van der Waals surface area contributed by atoms with Crippen molar-refractivity contribution in [3.63, 3.8) is 0 Å². The molecule has 1 aliphatic rings. The number of fused-ring (bicyclic) bond motifs is 1. The molecule has 0 aromatic carbocycles. The number of hydrogen-bond donors (Lipinski definition) is 1. The first-order valence-electron chi connectivity index (χ1n) is 8.68. The minimum Gasteiger partial charge on any atom is -0.502 e. The quantitative estimate of drug-likeness (QED) is 0.875. The van der Waals surface area contributed by atoms with E-state index in [0.717, 1.165) is 11.3 Å². The van der Waals surface area contributed by atoms with E-state index in [1.807, 2.05) is 18.9 Å². The van der Waals surface area contributed by atoms with E-state index in [-0.39, 0.29) is 17.6 Å². The van der Waals surface area contributed by atoms with Crippen LogP contribution in [0, 0.1) is 0 Å². The molecule has 2 aromatic rings. The zero-order valence-corrected chi connectivity index (χ0v) is 16.0. The van der Waals surface area contributed by atoms with E-state index in [9.17, 15) is 14.7 Å². The SMILES string of the molecule is CC/C=C/c1ccc(CN2CN(C(C)C)C(=O)c3c(O)c(=O)ccn32)s1. The summed E-state index contributed by atoms with van der Waals surface area (Å²) in [7, 11) is 0. The van der Waals surface area contributed by atoms with E-state index in [4.69, 9.17) is 0 Å². The molecule has 0 saturated carbocycles. The van der Waals surface area contributed by atoms with Crippen molar-refractivity contribution < 1.29 is 9.90 Å². The lowest BCUT2D eigenvalue weighted by atomic mass is 10.2. The second-order valence-corrected chi connectivity index (χ2v) is 7.71. The minimum atomic E-state index is -0.543. The Bertz CT molecular complexity index is 898. The summed E-state index contributed by atoms with van der Waals surface area (Å²) in [5.74, 6) is -0.824. The van der Waals surface area contributed by atoms with Crippen molar-refractivity contribution in [2.24, 2.45) is 0 Å². The highest BCUT2D eigenvalue weighted by molar-refractivity contribution is 7.12. The molecule has 0 saturated heterocycles. The molecule has 7 heteroatoms. The Labute approximate surface area is 156 Å². The molecule has 0 fully saturated rings. The molecule has 6 nitrogen and oxygen atoms in total. The lowest BCUT2D eigenvalue weighted by Gasteiger charge is -2.41. The number of rotatable bonds is 5. The number of aromatic nitrogens is 1. The number of amides is 1. The maximum atomic E-state index is 12.7. The van der Waals surface area contributed by atoms with Crippen LogP contribution in [-0.4, -0.2) is 33.3 Å². The van der Waals surface area contributed by atoms with E-state index in [1.54, 1.807) is 27.1 Å². The van der Waals surface area contributed by atoms with E-state index in [1.165, 1.54) is 10.9 Å². The lowest BCUT2D eigenvalue weighted by Crippen LogP contribution is -2.55. The summed E-state index contributed by atoms with van der Waals surface area (Å²) in [5, 5.41) is 12.1. The highest BCUT2D eigenvalue weighted by Gasteiger charge is 2.33. The van der Waals surface area contributed by atoms with Crippen LogP contribution in [0.4, 0.5) is 0 Å². The Hall–Kier alpha value is -2.54. The molecule has 138 valence electrons. The standard InChI is InChI=1S/C19H23N3O3S/c1-4-5-6-14-7-8-15(26-14)11-20-12-21(13(2)3)19(25)17-18(24)16(23)9-10-22(17)20/h5-10,13,24H,4,11-12H2,1-3H3/b6-5+. The third kappa shape index (κ3) is 3.39. The van der Waals surface area contributed by atoms with Gasteiger partial charge >= 0.3 is 0 Å². The van der Waals surface area contributed by atoms with Crippen molar-refractivity contribution in [1.82, 2.24) is 9.58 Å². The normalized spacial score (nSPS) is 14.5. The number of thiophene rings is 1. The number of carbonyl (C=O) groups excluding carboxylic acids is 1. The third-order valence-corrected chi connectivity index (χ3v) is 5.33. The van der Waals surface area contributed by atoms with E-state index in [0.29, 0.717) is 13.2 Å². The number of allylic oxidation sites excluding steroid dienone is 1. The molecule has 26 heavy (non-hydrogen) atoms. The van der Waals surface area contributed by atoms with Crippen LogP contribution in [0.1, 0.15) is 47.4 Å². The van der Waals surface area contributed by atoms with Crippen LogP contribution in [-0.2, 0) is 6.54 Å². The van der Waals surface area contributed by atoms with Gasteiger partial charge in [-0.05, 0) is 38.5 Å². The monoisotopic (exact) mass is 373 g/mol. The highest BCUT2D eigenvalue weighted by atomic mass is 32.1. The maximum Gasteiger partial charge on any atom is 0.278 e. The molecular formula is C19H23N3O3S. The number of hydrogen-bond acceptors (Lipinski definition) is 5. The van der Waals surface area contributed by atoms with Crippen LogP contribution < -0.4 is 10.4 Å². The molecule has 1 amide bonds. The Kier molecular flexibility index (Phi) is 5.18. The van der Waals surface area contributed by atoms with Crippen LogP contribution in [0.3, 0.4) is 0 Å².